The second kappa shape index (κ2) is 9.58. The van der Waals surface area contributed by atoms with Crippen molar-refractivity contribution >= 4 is 11.8 Å². The van der Waals surface area contributed by atoms with Crippen molar-refractivity contribution in [2.24, 2.45) is 35.0 Å². The quantitative estimate of drug-likeness (QED) is 0.274. The van der Waals surface area contributed by atoms with Crippen LogP contribution >= 0.6 is 0 Å². The van der Waals surface area contributed by atoms with Crippen LogP contribution in [0.4, 0.5) is 0 Å². The summed E-state index contributed by atoms with van der Waals surface area (Å²) in [5.74, 6) is 5.49. The zero-order valence-corrected chi connectivity index (χ0v) is 20.2. The molecule has 0 aromatic heterocycles. The molecular weight excluding hydrogens is 396 g/mol. The molecule has 32 heavy (non-hydrogen) atoms. The standard InChI is InChI=1S/C29H40O3/c1-5-7-8-9-11-27(31)32-28-21(10-6-2)17-25-23-13-12-20-18-26(30)19(3)16-24(20)22(23)14-15-29(25,28)4/h2,10,18-19,22-25,28H,5,7-9,11-17H2,1,3-4H3/t19?,22-,23+,24-,25-,28-,29-/m0/s1. The molecule has 4 aliphatic rings. The Hall–Kier alpha value is -1.82. The number of esters is 1. The fraction of sp³-hybridized carbons (Fsp3) is 0.724. The molecular formula is C29H40O3. The highest BCUT2D eigenvalue weighted by atomic mass is 16.5. The van der Waals surface area contributed by atoms with Gasteiger partial charge in [0.05, 0.1) is 0 Å². The molecule has 0 N–H and O–H groups in total. The van der Waals surface area contributed by atoms with Gasteiger partial charge in [-0.3, -0.25) is 9.59 Å². The summed E-state index contributed by atoms with van der Waals surface area (Å²) in [7, 11) is 0. The summed E-state index contributed by atoms with van der Waals surface area (Å²) in [5.41, 5.74) is 2.53. The number of hydrogen-bond acceptors (Lipinski definition) is 3. The fourth-order valence-corrected chi connectivity index (χ4v) is 7.53. The van der Waals surface area contributed by atoms with Crippen LogP contribution in [0.25, 0.3) is 0 Å². The summed E-state index contributed by atoms with van der Waals surface area (Å²) in [6, 6.07) is 0. The van der Waals surface area contributed by atoms with E-state index < -0.39 is 0 Å². The first-order valence-electron chi connectivity index (χ1n) is 13.0. The van der Waals surface area contributed by atoms with Crippen LogP contribution in [-0.2, 0) is 14.3 Å². The number of carbonyl (C=O) groups is 2. The van der Waals surface area contributed by atoms with Gasteiger partial charge in [0.2, 0.25) is 0 Å². The zero-order valence-electron chi connectivity index (χ0n) is 20.2. The van der Waals surface area contributed by atoms with Crippen molar-refractivity contribution in [1.82, 2.24) is 0 Å². The van der Waals surface area contributed by atoms with Crippen molar-refractivity contribution in [3.8, 4) is 12.3 Å². The van der Waals surface area contributed by atoms with Crippen LogP contribution in [0, 0.1) is 47.3 Å². The molecule has 3 nitrogen and oxygen atoms in total. The summed E-state index contributed by atoms with van der Waals surface area (Å²) in [4.78, 5) is 25.0. The number of carbonyl (C=O) groups excluding carboxylic acids is 2. The van der Waals surface area contributed by atoms with Gasteiger partial charge in [0, 0.05) is 17.8 Å². The average Bonchev–Trinajstić information content (AvgIpc) is 3.04. The van der Waals surface area contributed by atoms with Gasteiger partial charge in [-0.1, -0.05) is 51.5 Å². The lowest BCUT2D eigenvalue weighted by molar-refractivity contribution is -0.156. The number of terminal acetylenes is 1. The topological polar surface area (TPSA) is 43.4 Å². The third kappa shape index (κ3) is 4.23. The molecule has 0 radical (unpaired) electrons. The van der Waals surface area contributed by atoms with Crippen molar-refractivity contribution in [1.29, 1.82) is 0 Å². The van der Waals surface area contributed by atoms with E-state index in [2.05, 4.69) is 26.7 Å². The van der Waals surface area contributed by atoms with Crippen molar-refractivity contribution in [3.63, 3.8) is 0 Å². The first kappa shape index (κ1) is 23.3. The fourth-order valence-electron chi connectivity index (χ4n) is 7.53. The van der Waals surface area contributed by atoms with Gasteiger partial charge in [-0.15, -0.1) is 6.42 Å². The third-order valence-electron chi connectivity index (χ3n) is 9.25. The predicted molar refractivity (Wildman–Crippen MR) is 128 cm³/mol. The molecule has 0 heterocycles. The Morgan fingerprint density at radius 2 is 2.09 bits per heavy atom. The summed E-state index contributed by atoms with van der Waals surface area (Å²) < 4.78 is 6.19. The first-order valence-corrected chi connectivity index (χ1v) is 13.0. The van der Waals surface area contributed by atoms with Crippen LogP contribution in [0.5, 0.6) is 0 Å². The van der Waals surface area contributed by atoms with Crippen LogP contribution in [0.3, 0.4) is 0 Å². The zero-order chi connectivity index (χ0) is 22.9. The van der Waals surface area contributed by atoms with Crippen molar-refractivity contribution in [3.05, 3.63) is 23.3 Å². The molecule has 1 unspecified atom stereocenters. The van der Waals surface area contributed by atoms with E-state index >= 15 is 0 Å². The maximum Gasteiger partial charge on any atom is 0.306 e. The molecule has 0 saturated heterocycles. The van der Waals surface area contributed by atoms with Crippen LogP contribution < -0.4 is 0 Å². The molecule has 0 aromatic rings. The maximum absolute atomic E-state index is 12.7. The summed E-state index contributed by atoms with van der Waals surface area (Å²) in [5, 5.41) is 0. The maximum atomic E-state index is 12.7. The van der Waals surface area contributed by atoms with Gasteiger partial charge in [-0.25, -0.2) is 0 Å². The highest BCUT2D eigenvalue weighted by Crippen LogP contribution is 2.63. The Morgan fingerprint density at radius 1 is 1.28 bits per heavy atom. The van der Waals surface area contributed by atoms with Gasteiger partial charge in [0.1, 0.15) is 6.10 Å². The lowest BCUT2D eigenvalue weighted by Crippen LogP contribution is -2.49. The molecule has 3 saturated carbocycles. The molecule has 3 fully saturated rings. The minimum Gasteiger partial charge on any atom is -0.457 e. The number of ether oxygens (including phenoxy) is 1. The lowest BCUT2D eigenvalue weighted by Gasteiger charge is -2.53. The molecule has 3 heteroatoms. The predicted octanol–water partition coefficient (Wildman–Crippen LogP) is 6.43. The number of rotatable bonds is 6. The summed E-state index contributed by atoms with van der Waals surface area (Å²) >= 11 is 0. The molecule has 0 bridgehead atoms. The molecule has 0 aliphatic heterocycles. The smallest absolute Gasteiger partial charge is 0.306 e. The largest absolute Gasteiger partial charge is 0.457 e. The molecule has 7 atom stereocenters. The number of hydrogen-bond donors (Lipinski definition) is 0. The SMILES string of the molecule is C#CC=C1C[C@H]2[C@@H]3CCC4=CC(=O)C(C)C[C@@H]4[C@H]3CC[C@]2(C)[C@H]1OC(=O)CCCCCC. The number of fused-ring (bicyclic) bond motifs is 5. The van der Waals surface area contributed by atoms with Gasteiger partial charge in [-0.2, -0.15) is 0 Å². The highest BCUT2D eigenvalue weighted by molar-refractivity contribution is 5.93. The summed E-state index contributed by atoms with van der Waals surface area (Å²) in [6.45, 7) is 6.62. The van der Waals surface area contributed by atoms with Gasteiger partial charge < -0.3 is 4.74 Å². The third-order valence-corrected chi connectivity index (χ3v) is 9.25. The van der Waals surface area contributed by atoms with Gasteiger partial charge >= 0.3 is 5.97 Å². The van der Waals surface area contributed by atoms with E-state index in [1.165, 1.54) is 18.4 Å². The molecule has 4 rings (SSSR count). The molecule has 0 spiro atoms. The van der Waals surface area contributed by atoms with E-state index in [-0.39, 0.29) is 23.4 Å². The normalized spacial score (nSPS) is 39.5. The van der Waals surface area contributed by atoms with Crippen molar-refractivity contribution in [2.45, 2.75) is 97.5 Å². The Morgan fingerprint density at radius 3 is 2.84 bits per heavy atom. The average molecular weight is 437 g/mol. The second-order valence-electron chi connectivity index (χ2n) is 11.2. The minimum absolute atomic E-state index is 0.0275. The summed E-state index contributed by atoms with van der Waals surface area (Å²) in [6.07, 6.45) is 20.6. The van der Waals surface area contributed by atoms with E-state index in [9.17, 15) is 9.59 Å². The van der Waals surface area contributed by atoms with E-state index in [1.807, 2.05) is 12.2 Å². The van der Waals surface area contributed by atoms with Gasteiger partial charge in [-0.05, 0) is 86.3 Å². The Kier molecular flexibility index (Phi) is 6.99. The van der Waals surface area contributed by atoms with Crippen LogP contribution in [0.15, 0.2) is 23.3 Å². The minimum atomic E-state index is -0.174. The van der Waals surface area contributed by atoms with E-state index in [4.69, 9.17) is 11.2 Å². The van der Waals surface area contributed by atoms with Gasteiger partial charge in [0.25, 0.3) is 0 Å². The van der Waals surface area contributed by atoms with E-state index in [0.717, 1.165) is 56.9 Å². The van der Waals surface area contributed by atoms with Crippen LogP contribution in [-0.4, -0.2) is 17.9 Å². The number of unbranched alkanes of at least 4 members (excludes halogenated alkanes) is 3. The van der Waals surface area contributed by atoms with Gasteiger partial charge in [0.15, 0.2) is 5.78 Å². The molecule has 174 valence electrons. The van der Waals surface area contributed by atoms with E-state index in [0.29, 0.717) is 35.9 Å². The molecule has 0 amide bonds. The molecule has 0 aromatic carbocycles. The highest BCUT2D eigenvalue weighted by Gasteiger charge is 2.59. The number of ketones is 1. The van der Waals surface area contributed by atoms with Crippen LogP contribution in [0.1, 0.15) is 91.4 Å². The Bertz CT molecular complexity index is 843. The number of allylic oxidation sites excluding steroid dienone is 2. The Balaban J connectivity index is 1.52. The van der Waals surface area contributed by atoms with E-state index in [1.54, 1.807) is 0 Å². The lowest BCUT2D eigenvalue weighted by atomic mass is 9.51. The van der Waals surface area contributed by atoms with Crippen molar-refractivity contribution in [2.75, 3.05) is 0 Å². The van der Waals surface area contributed by atoms with Crippen LogP contribution in [0.2, 0.25) is 0 Å². The Labute approximate surface area is 194 Å². The second-order valence-corrected chi connectivity index (χ2v) is 11.2. The first-order chi connectivity index (χ1) is 15.4. The monoisotopic (exact) mass is 436 g/mol. The molecule has 4 aliphatic carbocycles. The van der Waals surface area contributed by atoms with Crippen molar-refractivity contribution < 1.29 is 14.3 Å².